The van der Waals surface area contributed by atoms with Crippen LogP contribution < -0.4 is 9.47 Å². The van der Waals surface area contributed by atoms with Gasteiger partial charge in [-0.15, -0.1) is 0 Å². The molecule has 12 heteroatoms. The van der Waals surface area contributed by atoms with Crippen LogP contribution in [-0.2, 0) is 32.0 Å². The summed E-state index contributed by atoms with van der Waals surface area (Å²) in [4.78, 5) is 46.2. The molecule has 1 aromatic heterocycles. The highest BCUT2D eigenvalue weighted by Gasteiger charge is 2.42. The number of aromatic nitrogens is 2. The number of carbonyl (C=O) groups is 2. The average molecular weight is 631 g/mol. The Labute approximate surface area is 267 Å². The molecule has 2 aliphatic rings. The highest BCUT2D eigenvalue weighted by Crippen LogP contribution is 2.41. The van der Waals surface area contributed by atoms with Gasteiger partial charge in [0.15, 0.2) is 11.5 Å². The molecule has 0 bridgehead atoms. The Hall–Kier alpha value is -5.00. The molecule has 0 amide bonds. The van der Waals surface area contributed by atoms with Crippen LogP contribution in [0, 0.1) is 16.0 Å². The number of nitro groups is 1. The summed E-state index contributed by atoms with van der Waals surface area (Å²) in [6.45, 7) is 4.83. The second-order valence-electron chi connectivity index (χ2n) is 11.4. The molecule has 0 spiro atoms. The summed E-state index contributed by atoms with van der Waals surface area (Å²) in [6, 6.07) is 13.6. The molecular formula is C34H38N4O8. The lowest BCUT2D eigenvalue weighted by atomic mass is 9.75. The number of aliphatic imine (C=N–C) groups is 1. The fourth-order valence-corrected chi connectivity index (χ4v) is 6.01. The van der Waals surface area contributed by atoms with E-state index >= 15 is 0 Å². The van der Waals surface area contributed by atoms with Crippen LogP contribution in [0.4, 0.5) is 5.69 Å². The Morgan fingerprint density at radius 1 is 1.07 bits per heavy atom. The van der Waals surface area contributed by atoms with Crippen molar-refractivity contribution in [2.75, 3.05) is 20.3 Å². The van der Waals surface area contributed by atoms with E-state index in [0.29, 0.717) is 36.4 Å². The lowest BCUT2D eigenvalue weighted by Gasteiger charge is -2.31. The fourth-order valence-electron chi connectivity index (χ4n) is 6.01. The second kappa shape index (κ2) is 14.9. The van der Waals surface area contributed by atoms with Gasteiger partial charge in [-0.1, -0.05) is 30.7 Å². The van der Waals surface area contributed by atoms with Crippen molar-refractivity contribution < 1.29 is 33.5 Å². The topological polar surface area (TPSA) is 144 Å². The number of esters is 2. The number of non-ortho nitro benzene ring substituents is 1. The van der Waals surface area contributed by atoms with Crippen LogP contribution in [0.1, 0.15) is 56.8 Å². The lowest BCUT2D eigenvalue weighted by molar-refractivity contribution is -0.384. The van der Waals surface area contributed by atoms with Gasteiger partial charge in [0.1, 0.15) is 24.5 Å². The number of benzene rings is 2. The number of imidazole rings is 1. The molecule has 3 atom stereocenters. The lowest BCUT2D eigenvalue weighted by Crippen LogP contribution is -2.36. The summed E-state index contributed by atoms with van der Waals surface area (Å²) in [6.07, 6.45) is 7.66. The van der Waals surface area contributed by atoms with Crippen LogP contribution in [0.25, 0.3) is 0 Å². The van der Waals surface area contributed by atoms with Crippen molar-refractivity contribution in [3.05, 3.63) is 93.7 Å². The molecule has 12 nitrogen and oxygen atoms in total. The van der Waals surface area contributed by atoms with Crippen molar-refractivity contribution in [2.45, 2.75) is 64.5 Å². The predicted molar refractivity (Wildman–Crippen MR) is 169 cm³/mol. The summed E-state index contributed by atoms with van der Waals surface area (Å²) in [5.41, 5.74) is 1.37. The van der Waals surface area contributed by atoms with Gasteiger partial charge in [0.2, 0.25) is 0 Å². The number of allylic oxidation sites excluding steroid dienone is 1. The molecule has 0 saturated heterocycles. The molecule has 5 rings (SSSR count). The van der Waals surface area contributed by atoms with E-state index in [9.17, 15) is 19.7 Å². The van der Waals surface area contributed by atoms with Gasteiger partial charge in [-0.3, -0.25) is 19.9 Å². The first-order chi connectivity index (χ1) is 22.3. The van der Waals surface area contributed by atoms with Crippen LogP contribution >= 0.6 is 0 Å². The quantitative estimate of drug-likeness (QED) is 0.102. The number of para-hydroxylation sites is 2. The van der Waals surface area contributed by atoms with E-state index in [1.54, 1.807) is 26.1 Å². The SMILES string of the molecule is COC(=O)C1C(C)=NC(C)=C(C(=O)OCCCCCCn2ccnc2CC2COc3ccccc3O2)C1c1cccc([N+](=O)[O-])c1. The largest absolute Gasteiger partial charge is 0.486 e. The zero-order chi connectivity index (χ0) is 32.6. The van der Waals surface area contributed by atoms with Crippen molar-refractivity contribution in [1.82, 2.24) is 9.55 Å². The minimum absolute atomic E-state index is 0.109. The molecule has 0 radical (unpaired) electrons. The number of fused-ring (bicyclic) bond motifs is 1. The van der Waals surface area contributed by atoms with Gasteiger partial charge in [0, 0.05) is 54.8 Å². The number of hydrogen-bond acceptors (Lipinski definition) is 10. The third-order valence-electron chi connectivity index (χ3n) is 8.25. The Morgan fingerprint density at radius 3 is 2.63 bits per heavy atom. The van der Waals surface area contributed by atoms with Crippen molar-refractivity contribution >= 4 is 23.3 Å². The highest BCUT2D eigenvalue weighted by atomic mass is 16.6. The fraction of sp³-hybridized carbons (Fsp3) is 0.412. The zero-order valence-electron chi connectivity index (χ0n) is 26.2. The normalized spacial score (nSPS) is 18.9. The van der Waals surface area contributed by atoms with Crippen LogP contribution in [0.15, 0.2) is 77.2 Å². The Kier molecular flexibility index (Phi) is 10.5. The number of hydrogen-bond donors (Lipinski definition) is 0. The number of unbranched alkanes of at least 4 members (excludes halogenated alkanes) is 3. The molecule has 46 heavy (non-hydrogen) atoms. The molecule has 0 saturated carbocycles. The number of nitrogens with zero attached hydrogens (tertiary/aromatic N) is 4. The number of carbonyl (C=O) groups excluding carboxylic acids is 2. The summed E-state index contributed by atoms with van der Waals surface area (Å²) < 4.78 is 24.8. The Balaban J connectivity index is 1.12. The number of rotatable bonds is 13. The number of nitro benzene ring substituents is 1. The molecule has 0 N–H and O–H groups in total. The van der Waals surface area contributed by atoms with Crippen LogP contribution in [0.2, 0.25) is 0 Å². The van der Waals surface area contributed by atoms with Gasteiger partial charge in [0.25, 0.3) is 5.69 Å². The summed E-state index contributed by atoms with van der Waals surface area (Å²) in [7, 11) is 1.26. The molecule has 0 fully saturated rings. The van der Waals surface area contributed by atoms with E-state index in [0.717, 1.165) is 43.1 Å². The van der Waals surface area contributed by atoms with E-state index in [2.05, 4.69) is 14.5 Å². The number of ether oxygens (including phenoxy) is 4. The molecule has 3 aromatic rings. The van der Waals surface area contributed by atoms with E-state index in [-0.39, 0.29) is 24.0 Å². The Morgan fingerprint density at radius 2 is 1.85 bits per heavy atom. The molecular weight excluding hydrogens is 592 g/mol. The van der Waals surface area contributed by atoms with Gasteiger partial charge >= 0.3 is 11.9 Å². The first kappa shape index (κ1) is 32.4. The minimum Gasteiger partial charge on any atom is -0.486 e. The van der Waals surface area contributed by atoms with E-state index in [1.807, 2.05) is 30.5 Å². The highest BCUT2D eigenvalue weighted by molar-refractivity contribution is 6.07. The first-order valence-electron chi connectivity index (χ1n) is 15.4. The van der Waals surface area contributed by atoms with Gasteiger partial charge in [0.05, 0.1) is 24.2 Å². The van der Waals surface area contributed by atoms with E-state index < -0.39 is 28.7 Å². The zero-order valence-corrected chi connectivity index (χ0v) is 26.2. The van der Waals surface area contributed by atoms with Crippen molar-refractivity contribution in [3.8, 4) is 11.5 Å². The first-order valence-corrected chi connectivity index (χ1v) is 15.4. The van der Waals surface area contributed by atoms with E-state index in [4.69, 9.17) is 18.9 Å². The summed E-state index contributed by atoms with van der Waals surface area (Å²) in [5.74, 6) is -0.478. The van der Waals surface area contributed by atoms with Crippen LogP contribution in [0.3, 0.4) is 0 Å². The predicted octanol–water partition coefficient (Wildman–Crippen LogP) is 5.60. The maximum atomic E-state index is 13.4. The van der Waals surface area contributed by atoms with Gasteiger partial charge in [-0.2, -0.15) is 0 Å². The maximum Gasteiger partial charge on any atom is 0.336 e. The minimum atomic E-state index is -0.917. The second-order valence-corrected chi connectivity index (χ2v) is 11.4. The number of methoxy groups -OCH3 is 1. The van der Waals surface area contributed by atoms with Gasteiger partial charge < -0.3 is 23.5 Å². The van der Waals surface area contributed by atoms with Gasteiger partial charge in [-0.25, -0.2) is 9.78 Å². The van der Waals surface area contributed by atoms with Crippen molar-refractivity contribution in [2.24, 2.45) is 10.9 Å². The molecule has 2 aliphatic heterocycles. The standard InChI is InChI=1S/C34H38N4O8/c1-22-30(33(39)43-3)32(24-11-10-12-25(19-24)38(41)42)31(23(2)36-22)34(40)44-18-9-5-4-8-16-37-17-15-35-29(37)20-26-21-45-27-13-6-7-14-28(27)46-26/h6-7,10-15,17,19,26,30,32H,4-5,8-9,16,18,20-21H2,1-3H3. The Bertz CT molecular complexity index is 1640. The van der Waals surface area contributed by atoms with E-state index in [1.165, 1.54) is 25.3 Å². The molecule has 3 heterocycles. The molecule has 0 aliphatic carbocycles. The van der Waals surface area contributed by atoms with Crippen molar-refractivity contribution in [3.63, 3.8) is 0 Å². The molecule has 2 aromatic carbocycles. The monoisotopic (exact) mass is 630 g/mol. The van der Waals surface area contributed by atoms with Crippen LogP contribution in [0.5, 0.6) is 11.5 Å². The van der Waals surface area contributed by atoms with Crippen LogP contribution in [-0.4, -0.2) is 58.6 Å². The maximum absolute atomic E-state index is 13.4. The third kappa shape index (κ3) is 7.44. The molecule has 242 valence electrons. The third-order valence-corrected chi connectivity index (χ3v) is 8.25. The smallest absolute Gasteiger partial charge is 0.336 e. The number of aryl methyl sites for hydroxylation is 1. The van der Waals surface area contributed by atoms with Crippen molar-refractivity contribution in [1.29, 1.82) is 0 Å². The summed E-state index contributed by atoms with van der Waals surface area (Å²) >= 11 is 0. The molecule has 3 unspecified atom stereocenters. The van der Waals surface area contributed by atoms with Gasteiger partial charge in [-0.05, 0) is 50.8 Å². The average Bonchev–Trinajstić information content (AvgIpc) is 3.49. The summed E-state index contributed by atoms with van der Waals surface area (Å²) in [5, 5.41) is 11.5.